The molecule has 0 saturated heterocycles. The van der Waals surface area contributed by atoms with Gasteiger partial charge in [0, 0.05) is 6.20 Å². The van der Waals surface area contributed by atoms with Crippen LogP contribution in [-0.2, 0) is 6.54 Å². The second-order valence-electron chi connectivity index (χ2n) is 3.40. The number of aromatic nitrogens is 2. The first-order valence-corrected chi connectivity index (χ1v) is 5.40. The van der Waals surface area contributed by atoms with Crippen molar-refractivity contribution < 1.29 is 9.13 Å². The average Bonchev–Trinajstić information content (AvgIpc) is 2.69. The van der Waals surface area contributed by atoms with Crippen molar-refractivity contribution in [1.29, 1.82) is 0 Å². The average molecular weight is 256 g/mol. The molecule has 0 fully saturated rings. The first-order valence-electron chi connectivity index (χ1n) is 5.02. The standard InChI is InChI=1S/C11H11ClFN3O/c12-8-2-1-3-9(13)11(8)17-7-6-16-5-4-10(14)15-16/h1-5H,6-7H2,(H2,14,15). The number of hydrogen-bond acceptors (Lipinski definition) is 3. The van der Waals surface area contributed by atoms with E-state index in [4.69, 9.17) is 22.1 Å². The molecule has 0 aliphatic rings. The molecule has 17 heavy (non-hydrogen) atoms. The molecule has 4 nitrogen and oxygen atoms in total. The van der Waals surface area contributed by atoms with Crippen LogP contribution >= 0.6 is 11.6 Å². The largest absolute Gasteiger partial charge is 0.487 e. The van der Waals surface area contributed by atoms with Gasteiger partial charge in [-0.2, -0.15) is 5.10 Å². The molecule has 0 spiro atoms. The summed E-state index contributed by atoms with van der Waals surface area (Å²) in [4.78, 5) is 0. The molecule has 0 amide bonds. The van der Waals surface area contributed by atoms with Crippen molar-refractivity contribution in [2.24, 2.45) is 0 Å². The van der Waals surface area contributed by atoms with E-state index < -0.39 is 5.82 Å². The molecule has 0 radical (unpaired) electrons. The van der Waals surface area contributed by atoms with Gasteiger partial charge in [0.15, 0.2) is 11.6 Å². The van der Waals surface area contributed by atoms with Gasteiger partial charge in [0.25, 0.3) is 0 Å². The summed E-state index contributed by atoms with van der Waals surface area (Å²) >= 11 is 5.81. The Morgan fingerprint density at radius 3 is 2.88 bits per heavy atom. The number of para-hydroxylation sites is 1. The minimum atomic E-state index is -0.475. The maximum absolute atomic E-state index is 13.3. The molecular formula is C11H11ClFN3O. The number of benzene rings is 1. The van der Waals surface area contributed by atoms with E-state index in [1.165, 1.54) is 12.1 Å². The molecule has 0 bridgehead atoms. The highest BCUT2D eigenvalue weighted by Crippen LogP contribution is 2.27. The highest BCUT2D eigenvalue weighted by Gasteiger charge is 2.07. The fourth-order valence-corrected chi connectivity index (χ4v) is 1.58. The minimum Gasteiger partial charge on any atom is -0.487 e. The number of rotatable bonds is 4. The smallest absolute Gasteiger partial charge is 0.173 e. The fraction of sp³-hybridized carbons (Fsp3) is 0.182. The topological polar surface area (TPSA) is 53.1 Å². The van der Waals surface area contributed by atoms with Crippen molar-refractivity contribution in [2.45, 2.75) is 6.54 Å². The Morgan fingerprint density at radius 1 is 1.41 bits per heavy atom. The second kappa shape index (κ2) is 5.05. The van der Waals surface area contributed by atoms with Crippen molar-refractivity contribution in [3.63, 3.8) is 0 Å². The maximum Gasteiger partial charge on any atom is 0.173 e. The Morgan fingerprint density at radius 2 is 2.24 bits per heavy atom. The van der Waals surface area contributed by atoms with Crippen LogP contribution in [0.25, 0.3) is 0 Å². The van der Waals surface area contributed by atoms with Gasteiger partial charge in [0.1, 0.15) is 12.4 Å². The fourth-order valence-electron chi connectivity index (χ4n) is 1.36. The lowest BCUT2D eigenvalue weighted by Crippen LogP contribution is -2.09. The number of anilines is 1. The van der Waals surface area contributed by atoms with Gasteiger partial charge in [-0.3, -0.25) is 4.68 Å². The van der Waals surface area contributed by atoms with Crippen molar-refractivity contribution in [1.82, 2.24) is 9.78 Å². The summed E-state index contributed by atoms with van der Waals surface area (Å²) in [5.74, 6) is 0.0284. The summed E-state index contributed by atoms with van der Waals surface area (Å²) in [6, 6.07) is 6.08. The molecule has 0 atom stereocenters. The van der Waals surface area contributed by atoms with E-state index in [-0.39, 0.29) is 17.4 Å². The van der Waals surface area contributed by atoms with Gasteiger partial charge in [0.2, 0.25) is 0 Å². The summed E-state index contributed by atoms with van der Waals surface area (Å²) in [7, 11) is 0. The van der Waals surface area contributed by atoms with Crippen LogP contribution in [0.1, 0.15) is 0 Å². The van der Waals surface area contributed by atoms with Crippen LogP contribution < -0.4 is 10.5 Å². The molecule has 1 aromatic heterocycles. The first kappa shape index (κ1) is 11.7. The van der Waals surface area contributed by atoms with E-state index >= 15 is 0 Å². The van der Waals surface area contributed by atoms with E-state index in [9.17, 15) is 4.39 Å². The molecule has 1 heterocycles. The molecule has 0 aliphatic heterocycles. The van der Waals surface area contributed by atoms with Gasteiger partial charge >= 0.3 is 0 Å². The van der Waals surface area contributed by atoms with Crippen molar-refractivity contribution in [3.8, 4) is 5.75 Å². The highest BCUT2D eigenvalue weighted by molar-refractivity contribution is 6.32. The van der Waals surface area contributed by atoms with Crippen LogP contribution in [0, 0.1) is 5.82 Å². The van der Waals surface area contributed by atoms with Gasteiger partial charge in [-0.1, -0.05) is 17.7 Å². The molecule has 0 unspecified atom stereocenters. The number of nitrogen functional groups attached to an aromatic ring is 1. The SMILES string of the molecule is Nc1ccn(CCOc2c(F)cccc2Cl)n1. The van der Waals surface area contributed by atoms with Gasteiger partial charge in [-0.15, -0.1) is 0 Å². The van der Waals surface area contributed by atoms with Crippen LogP contribution in [0.15, 0.2) is 30.5 Å². The predicted molar refractivity (Wildman–Crippen MR) is 63.5 cm³/mol. The molecule has 1 aromatic carbocycles. The summed E-state index contributed by atoms with van der Waals surface area (Å²) in [5, 5.41) is 4.23. The van der Waals surface area contributed by atoms with Gasteiger partial charge in [0.05, 0.1) is 11.6 Å². The monoisotopic (exact) mass is 255 g/mol. The lowest BCUT2D eigenvalue weighted by Gasteiger charge is -2.08. The Hall–Kier alpha value is -1.75. The van der Waals surface area contributed by atoms with Crippen LogP contribution in [0.4, 0.5) is 10.2 Å². The Labute approximate surface area is 103 Å². The van der Waals surface area contributed by atoms with Crippen LogP contribution in [0.5, 0.6) is 5.75 Å². The van der Waals surface area contributed by atoms with Crippen LogP contribution in [0.2, 0.25) is 5.02 Å². The van der Waals surface area contributed by atoms with Crippen LogP contribution in [-0.4, -0.2) is 16.4 Å². The van der Waals surface area contributed by atoms with Gasteiger partial charge < -0.3 is 10.5 Å². The molecule has 6 heteroatoms. The zero-order valence-corrected chi connectivity index (χ0v) is 9.69. The van der Waals surface area contributed by atoms with Gasteiger partial charge in [-0.25, -0.2) is 4.39 Å². The zero-order valence-electron chi connectivity index (χ0n) is 8.94. The molecular weight excluding hydrogens is 245 g/mol. The van der Waals surface area contributed by atoms with E-state index in [2.05, 4.69) is 5.10 Å². The summed E-state index contributed by atoms with van der Waals surface area (Å²) in [5.41, 5.74) is 5.46. The van der Waals surface area contributed by atoms with Crippen molar-refractivity contribution >= 4 is 17.4 Å². The summed E-state index contributed by atoms with van der Waals surface area (Å²) in [6.07, 6.45) is 1.72. The summed E-state index contributed by atoms with van der Waals surface area (Å²) < 4.78 is 20.2. The maximum atomic E-state index is 13.3. The van der Waals surface area contributed by atoms with Crippen LogP contribution in [0.3, 0.4) is 0 Å². The van der Waals surface area contributed by atoms with E-state index in [0.29, 0.717) is 12.4 Å². The third-order valence-electron chi connectivity index (χ3n) is 2.15. The van der Waals surface area contributed by atoms with E-state index in [1.54, 1.807) is 23.0 Å². The highest BCUT2D eigenvalue weighted by atomic mass is 35.5. The Balaban J connectivity index is 1.94. The minimum absolute atomic E-state index is 0.0642. The zero-order chi connectivity index (χ0) is 12.3. The number of ether oxygens (including phenoxy) is 1. The van der Waals surface area contributed by atoms with E-state index in [1.807, 2.05) is 0 Å². The normalized spacial score (nSPS) is 10.5. The Kier molecular flexibility index (Phi) is 3.49. The number of nitrogens with zero attached hydrogens (tertiary/aromatic N) is 2. The number of hydrogen-bond donors (Lipinski definition) is 1. The molecule has 0 aliphatic carbocycles. The second-order valence-corrected chi connectivity index (χ2v) is 3.81. The van der Waals surface area contributed by atoms with Gasteiger partial charge in [-0.05, 0) is 18.2 Å². The van der Waals surface area contributed by atoms with Crippen molar-refractivity contribution in [2.75, 3.05) is 12.3 Å². The number of halogens is 2. The molecule has 90 valence electrons. The third kappa shape index (κ3) is 2.88. The number of nitrogens with two attached hydrogens (primary N) is 1. The predicted octanol–water partition coefficient (Wildman–Crippen LogP) is 2.34. The van der Waals surface area contributed by atoms with E-state index in [0.717, 1.165) is 0 Å². The molecule has 0 saturated carbocycles. The Bertz CT molecular complexity index is 495. The third-order valence-corrected chi connectivity index (χ3v) is 2.44. The molecule has 2 N–H and O–H groups in total. The van der Waals surface area contributed by atoms with Crippen molar-refractivity contribution in [3.05, 3.63) is 41.3 Å². The first-order chi connectivity index (χ1) is 8.16. The lowest BCUT2D eigenvalue weighted by atomic mass is 10.3. The quantitative estimate of drug-likeness (QED) is 0.912. The molecule has 2 aromatic rings. The lowest BCUT2D eigenvalue weighted by molar-refractivity contribution is 0.278. The summed E-state index contributed by atoms with van der Waals surface area (Å²) in [6.45, 7) is 0.740. The molecule has 2 rings (SSSR count).